The molecule has 0 saturated heterocycles. The summed E-state index contributed by atoms with van der Waals surface area (Å²) in [5, 5.41) is 8.89. The van der Waals surface area contributed by atoms with Crippen LogP contribution in [0.1, 0.15) is 23.1 Å². The number of carbonyl (C=O) groups is 1. The van der Waals surface area contributed by atoms with Crippen molar-refractivity contribution in [2.24, 2.45) is 0 Å². The van der Waals surface area contributed by atoms with Gasteiger partial charge in [-0.25, -0.2) is 0 Å². The van der Waals surface area contributed by atoms with Crippen molar-refractivity contribution in [3.8, 4) is 0 Å². The Morgan fingerprint density at radius 3 is 2.81 bits per heavy atom. The largest absolute Gasteiger partial charge is 0.337 e. The van der Waals surface area contributed by atoms with Crippen molar-refractivity contribution >= 4 is 29.0 Å². The van der Waals surface area contributed by atoms with E-state index >= 15 is 0 Å². The van der Waals surface area contributed by atoms with Crippen LogP contribution in [0.4, 0.5) is 0 Å². The Hall–Kier alpha value is -1.40. The fourth-order valence-electron chi connectivity index (χ4n) is 2.47. The fraction of sp³-hybridized carbons (Fsp3) is 0.400. The first-order valence-electron chi connectivity index (χ1n) is 6.96. The molecule has 2 aromatic rings. The molecular weight excluding hydrogens is 302 g/mol. The minimum Gasteiger partial charge on any atom is -0.337 e. The van der Waals surface area contributed by atoms with Crippen molar-refractivity contribution in [2.45, 2.75) is 36.4 Å². The highest BCUT2D eigenvalue weighted by Gasteiger charge is 2.25. The van der Waals surface area contributed by atoms with Crippen LogP contribution >= 0.6 is 23.1 Å². The number of carbonyl (C=O) groups excluding carboxylic acids is 1. The van der Waals surface area contributed by atoms with E-state index in [1.807, 2.05) is 24.8 Å². The van der Waals surface area contributed by atoms with Crippen molar-refractivity contribution in [1.29, 1.82) is 0 Å². The van der Waals surface area contributed by atoms with Crippen LogP contribution in [0.5, 0.6) is 0 Å². The molecule has 2 heterocycles. The first-order valence-corrected chi connectivity index (χ1v) is 8.65. The van der Waals surface area contributed by atoms with Crippen molar-refractivity contribution in [3.05, 3.63) is 40.4 Å². The smallest absolute Gasteiger partial charge is 0.236 e. The summed E-state index contributed by atoms with van der Waals surface area (Å²) >= 11 is 3.04. The van der Waals surface area contributed by atoms with E-state index in [2.05, 4.69) is 28.4 Å². The van der Waals surface area contributed by atoms with Gasteiger partial charge in [0.1, 0.15) is 5.01 Å². The van der Waals surface area contributed by atoms with Crippen LogP contribution in [0, 0.1) is 6.92 Å². The zero-order valence-corrected chi connectivity index (χ0v) is 13.7. The molecule has 3 rings (SSSR count). The lowest BCUT2D eigenvalue weighted by atomic mass is 10.00. The third-order valence-electron chi connectivity index (χ3n) is 3.58. The second-order valence-corrected chi connectivity index (χ2v) is 7.90. The molecule has 0 spiro atoms. The lowest BCUT2D eigenvalue weighted by molar-refractivity contribution is -0.131. The standard InChI is InChI=1S/C15H17N3OS2/c1-10(20-15-17-16-11(2)21-15)14(19)18-8-7-12-5-3-4-6-13(12)9-18/h3-6,10H,7-9H2,1-2H3. The fourth-order valence-corrected chi connectivity index (χ4v) is 4.51. The number of fused-ring (bicyclic) bond motifs is 1. The highest BCUT2D eigenvalue weighted by Crippen LogP contribution is 2.28. The van der Waals surface area contributed by atoms with Crippen LogP contribution in [0.3, 0.4) is 0 Å². The molecule has 1 amide bonds. The average Bonchev–Trinajstić information content (AvgIpc) is 2.91. The summed E-state index contributed by atoms with van der Waals surface area (Å²) in [5.41, 5.74) is 2.63. The number of aromatic nitrogens is 2. The third kappa shape index (κ3) is 3.27. The first kappa shape index (κ1) is 14.5. The van der Waals surface area contributed by atoms with Gasteiger partial charge in [0.2, 0.25) is 5.91 Å². The molecule has 1 unspecified atom stereocenters. The van der Waals surface area contributed by atoms with Gasteiger partial charge in [0.15, 0.2) is 4.34 Å². The van der Waals surface area contributed by atoms with Gasteiger partial charge in [0.05, 0.1) is 5.25 Å². The van der Waals surface area contributed by atoms with Gasteiger partial charge in [0.25, 0.3) is 0 Å². The Kier molecular flexibility index (Phi) is 4.26. The maximum atomic E-state index is 12.6. The van der Waals surface area contributed by atoms with Gasteiger partial charge in [-0.05, 0) is 31.4 Å². The molecule has 0 radical (unpaired) electrons. The predicted molar refractivity (Wildman–Crippen MR) is 85.5 cm³/mol. The second kappa shape index (κ2) is 6.15. The van der Waals surface area contributed by atoms with Gasteiger partial charge >= 0.3 is 0 Å². The zero-order chi connectivity index (χ0) is 14.8. The summed E-state index contributed by atoms with van der Waals surface area (Å²) in [6, 6.07) is 8.36. The second-order valence-electron chi connectivity index (χ2n) is 5.13. The van der Waals surface area contributed by atoms with E-state index in [1.165, 1.54) is 34.2 Å². The number of benzene rings is 1. The van der Waals surface area contributed by atoms with Gasteiger partial charge in [-0.1, -0.05) is 47.4 Å². The molecule has 0 N–H and O–H groups in total. The summed E-state index contributed by atoms with van der Waals surface area (Å²) in [7, 11) is 0. The van der Waals surface area contributed by atoms with Crippen LogP contribution in [-0.2, 0) is 17.8 Å². The van der Waals surface area contributed by atoms with E-state index in [1.54, 1.807) is 0 Å². The molecule has 0 aliphatic carbocycles. The number of hydrogen-bond acceptors (Lipinski definition) is 5. The van der Waals surface area contributed by atoms with E-state index in [-0.39, 0.29) is 11.2 Å². The van der Waals surface area contributed by atoms with Crippen molar-refractivity contribution < 1.29 is 4.79 Å². The Balaban J connectivity index is 1.66. The molecule has 0 bridgehead atoms. The van der Waals surface area contributed by atoms with Crippen LogP contribution in [0.2, 0.25) is 0 Å². The minimum absolute atomic E-state index is 0.123. The van der Waals surface area contributed by atoms with Crippen molar-refractivity contribution in [2.75, 3.05) is 6.54 Å². The van der Waals surface area contributed by atoms with Crippen LogP contribution in [0.15, 0.2) is 28.6 Å². The van der Waals surface area contributed by atoms with Crippen LogP contribution in [-0.4, -0.2) is 32.8 Å². The van der Waals surface area contributed by atoms with Gasteiger partial charge < -0.3 is 4.90 Å². The number of nitrogens with zero attached hydrogens (tertiary/aromatic N) is 3. The van der Waals surface area contributed by atoms with Crippen LogP contribution in [0.25, 0.3) is 0 Å². The lowest BCUT2D eigenvalue weighted by Gasteiger charge is -2.30. The molecule has 0 saturated carbocycles. The van der Waals surface area contributed by atoms with Crippen LogP contribution < -0.4 is 0 Å². The SMILES string of the molecule is Cc1nnc(SC(C)C(=O)N2CCc3ccccc3C2)s1. The molecule has 110 valence electrons. The molecule has 1 aromatic carbocycles. The lowest BCUT2D eigenvalue weighted by Crippen LogP contribution is -2.40. The molecule has 21 heavy (non-hydrogen) atoms. The van der Waals surface area contributed by atoms with E-state index in [0.717, 1.165) is 28.9 Å². The molecule has 0 fully saturated rings. The van der Waals surface area contributed by atoms with Gasteiger partial charge in [-0.3, -0.25) is 4.79 Å². The minimum atomic E-state index is -0.123. The van der Waals surface area contributed by atoms with Gasteiger partial charge in [-0.2, -0.15) is 0 Å². The van der Waals surface area contributed by atoms with Crippen molar-refractivity contribution in [1.82, 2.24) is 15.1 Å². The quantitative estimate of drug-likeness (QED) is 0.816. The summed E-state index contributed by atoms with van der Waals surface area (Å²) in [6.45, 7) is 5.39. The summed E-state index contributed by atoms with van der Waals surface area (Å²) in [4.78, 5) is 14.5. The Morgan fingerprint density at radius 2 is 2.10 bits per heavy atom. The molecule has 4 nitrogen and oxygen atoms in total. The zero-order valence-electron chi connectivity index (χ0n) is 12.1. The molecule has 1 atom stereocenters. The summed E-state index contributed by atoms with van der Waals surface area (Å²) < 4.78 is 0.866. The highest BCUT2D eigenvalue weighted by molar-refractivity contribution is 8.02. The molecule has 1 aliphatic rings. The number of thioether (sulfide) groups is 1. The molecule has 6 heteroatoms. The third-order valence-corrected chi connectivity index (χ3v) is 5.59. The molecular formula is C15H17N3OS2. The van der Waals surface area contributed by atoms with Gasteiger partial charge in [-0.15, -0.1) is 10.2 Å². The number of hydrogen-bond donors (Lipinski definition) is 0. The Labute approximate surface area is 132 Å². The normalized spacial score (nSPS) is 15.6. The maximum absolute atomic E-state index is 12.6. The Bertz CT molecular complexity index is 656. The Morgan fingerprint density at radius 1 is 1.33 bits per heavy atom. The topological polar surface area (TPSA) is 46.1 Å². The summed E-state index contributed by atoms with van der Waals surface area (Å²) in [5.74, 6) is 0.183. The van der Waals surface area contributed by atoms with Gasteiger partial charge in [0, 0.05) is 13.1 Å². The number of rotatable bonds is 3. The number of aryl methyl sites for hydroxylation is 1. The van der Waals surface area contributed by atoms with E-state index in [0.29, 0.717) is 0 Å². The van der Waals surface area contributed by atoms with Crippen molar-refractivity contribution in [3.63, 3.8) is 0 Å². The highest BCUT2D eigenvalue weighted by atomic mass is 32.2. The molecule has 1 aliphatic heterocycles. The average molecular weight is 319 g/mol. The monoisotopic (exact) mass is 319 g/mol. The maximum Gasteiger partial charge on any atom is 0.236 e. The number of amides is 1. The predicted octanol–water partition coefficient (Wildman–Crippen LogP) is 2.91. The van der Waals surface area contributed by atoms with E-state index in [4.69, 9.17) is 0 Å². The first-order chi connectivity index (χ1) is 10.1. The summed E-state index contributed by atoms with van der Waals surface area (Å²) in [6.07, 6.45) is 0.942. The van der Waals surface area contributed by atoms with E-state index in [9.17, 15) is 4.79 Å². The molecule has 1 aromatic heterocycles. The van der Waals surface area contributed by atoms with E-state index < -0.39 is 0 Å².